The Bertz CT molecular complexity index is 537. The highest BCUT2D eigenvalue weighted by molar-refractivity contribution is 5.28. The highest BCUT2D eigenvalue weighted by atomic mass is 16.5. The number of phenols is 1. The lowest BCUT2D eigenvalue weighted by molar-refractivity contribution is 0.0555. The highest BCUT2D eigenvalue weighted by Crippen LogP contribution is 2.23. The molecule has 0 aliphatic carbocycles. The number of aromatic hydroxyl groups is 1. The summed E-state index contributed by atoms with van der Waals surface area (Å²) in [6.45, 7) is 4.08. The van der Waals surface area contributed by atoms with Gasteiger partial charge in [0.05, 0.1) is 6.42 Å². The summed E-state index contributed by atoms with van der Waals surface area (Å²) in [5.41, 5.74) is 0.925. The van der Waals surface area contributed by atoms with Gasteiger partial charge in [0.15, 0.2) is 0 Å². The van der Waals surface area contributed by atoms with Gasteiger partial charge in [-0.1, -0.05) is 31.1 Å². The molecule has 0 spiro atoms. The van der Waals surface area contributed by atoms with Crippen LogP contribution in [0.1, 0.15) is 37.2 Å². The molecule has 0 radical (unpaired) electrons. The monoisotopic (exact) mass is 262 g/mol. The fourth-order valence-electron chi connectivity index (χ4n) is 1.97. The fraction of sp³-hybridized carbons (Fsp3) is 0.429. The van der Waals surface area contributed by atoms with Crippen LogP contribution in [0.4, 0.5) is 0 Å². The Balaban J connectivity index is 2.13. The van der Waals surface area contributed by atoms with Crippen molar-refractivity contribution in [3.63, 3.8) is 0 Å². The standard InChI is InChI=1S/C14H18N2O3/c1-9(2)13(18-3)14-15-12(19-16-14)8-10-5-4-6-11(17)7-10/h4-7,9,13,17H,8H2,1-3H3. The minimum Gasteiger partial charge on any atom is -0.508 e. The molecule has 0 fully saturated rings. The van der Waals surface area contributed by atoms with Crippen molar-refractivity contribution in [2.75, 3.05) is 7.11 Å². The summed E-state index contributed by atoms with van der Waals surface area (Å²) in [4.78, 5) is 4.34. The quantitative estimate of drug-likeness (QED) is 0.897. The van der Waals surface area contributed by atoms with E-state index in [0.29, 0.717) is 18.1 Å². The number of methoxy groups -OCH3 is 1. The first kappa shape index (κ1) is 13.5. The first-order valence-electron chi connectivity index (χ1n) is 6.23. The summed E-state index contributed by atoms with van der Waals surface area (Å²) in [6.07, 6.45) is 0.331. The third-order valence-corrected chi connectivity index (χ3v) is 2.86. The molecule has 1 atom stereocenters. The van der Waals surface area contributed by atoms with Gasteiger partial charge in [-0.25, -0.2) is 0 Å². The molecule has 1 heterocycles. The van der Waals surface area contributed by atoms with E-state index < -0.39 is 0 Å². The molecule has 0 saturated carbocycles. The number of phenolic OH excluding ortho intramolecular Hbond substituents is 1. The maximum atomic E-state index is 9.41. The van der Waals surface area contributed by atoms with Crippen molar-refractivity contribution in [1.82, 2.24) is 10.1 Å². The average Bonchev–Trinajstić information content (AvgIpc) is 2.78. The maximum absolute atomic E-state index is 9.41. The minimum atomic E-state index is -0.165. The molecule has 2 aromatic rings. The van der Waals surface area contributed by atoms with E-state index in [1.807, 2.05) is 19.9 Å². The molecule has 0 saturated heterocycles. The number of nitrogens with zero attached hydrogens (tertiary/aromatic N) is 2. The Morgan fingerprint density at radius 1 is 1.37 bits per heavy atom. The van der Waals surface area contributed by atoms with E-state index in [1.54, 1.807) is 25.3 Å². The van der Waals surface area contributed by atoms with Gasteiger partial charge in [-0.15, -0.1) is 0 Å². The second kappa shape index (κ2) is 5.84. The number of ether oxygens (including phenoxy) is 1. The van der Waals surface area contributed by atoms with E-state index in [-0.39, 0.29) is 17.8 Å². The van der Waals surface area contributed by atoms with Crippen molar-refractivity contribution in [2.24, 2.45) is 5.92 Å². The van der Waals surface area contributed by atoms with Gasteiger partial charge in [-0.2, -0.15) is 4.98 Å². The van der Waals surface area contributed by atoms with Gasteiger partial charge < -0.3 is 14.4 Å². The van der Waals surface area contributed by atoms with Gasteiger partial charge in [0.1, 0.15) is 11.9 Å². The fourth-order valence-corrected chi connectivity index (χ4v) is 1.97. The molecular weight excluding hydrogens is 244 g/mol. The van der Waals surface area contributed by atoms with Crippen LogP contribution in [0.3, 0.4) is 0 Å². The molecule has 0 aliphatic rings. The molecule has 1 aromatic heterocycles. The lowest BCUT2D eigenvalue weighted by atomic mass is 10.1. The Morgan fingerprint density at radius 2 is 2.16 bits per heavy atom. The molecule has 5 nitrogen and oxygen atoms in total. The molecular formula is C14H18N2O3. The zero-order valence-corrected chi connectivity index (χ0v) is 11.3. The number of aromatic nitrogens is 2. The Hall–Kier alpha value is -1.88. The van der Waals surface area contributed by atoms with Gasteiger partial charge >= 0.3 is 0 Å². The third-order valence-electron chi connectivity index (χ3n) is 2.86. The van der Waals surface area contributed by atoms with Crippen molar-refractivity contribution >= 4 is 0 Å². The lowest BCUT2D eigenvalue weighted by Crippen LogP contribution is -2.10. The van der Waals surface area contributed by atoms with E-state index in [0.717, 1.165) is 5.56 Å². The predicted molar refractivity (Wildman–Crippen MR) is 69.8 cm³/mol. The Morgan fingerprint density at radius 3 is 2.79 bits per heavy atom. The summed E-state index contributed by atoms with van der Waals surface area (Å²) >= 11 is 0. The van der Waals surface area contributed by atoms with Crippen molar-refractivity contribution in [1.29, 1.82) is 0 Å². The smallest absolute Gasteiger partial charge is 0.231 e. The highest BCUT2D eigenvalue weighted by Gasteiger charge is 2.21. The van der Waals surface area contributed by atoms with Gasteiger partial charge in [0.25, 0.3) is 0 Å². The van der Waals surface area contributed by atoms with Crippen molar-refractivity contribution in [2.45, 2.75) is 26.4 Å². The van der Waals surface area contributed by atoms with E-state index in [2.05, 4.69) is 10.1 Å². The summed E-state index contributed by atoms with van der Waals surface area (Å²) in [6, 6.07) is 7.00. The second-order valence-electron chi connectivity index (χ2n) is 4.79. The van der Waals surface area contributed by atoms with E-state index >= 15 is 0 Å². The van der Waals surface area contributed by atoms with Crippen molar-refractivity contribution in [3.05, 3.63) is 41.5 Å². The molecule has 1 N–H and O–H groups in total. The molecule has 0 bridgehead atoms. The zero-order valence-electron chi connectivity index (χ0n) is 11.3. The Labute approximate surface area is 112 Å². The van der Waals surface area contributed by atoms with Crippen LogP contribution in [-0.2, 0) is 11.2 Å². The van der Waals surface area contributed by atoms with E-state index in [4.69, 9.17) is 9.26 Å². The summed E-state index contributed by atoms with van der Waals surface area (Å²) in [5, 5.41) is 13.4. The van der Waals surface area contributed by atoms with Gasteiger partial charge in [-0.3, -0.25) is 0 Å². The summed E-state index contributed by atoms with van der Waals surface area (Å²) in [5.74, 6) is 1.58. The van der Waals surface area contributed by atoms with Gasteiger partial charge in [0, 0.05) is 7.11 Å². The van der Waals surface area contributed by atoms with Crippen LogP contribution < -0.4 is 0 Å². The van der Waals surface area contributed by atoms with Crippen molar-refractivity contribution in [3.8, 4) is 5.75 Å². The first-order chi connectivity index (χ1) is 9.10. The number of hydrogen-bond donors (Lipinski definition) is 1. The minimum absolute atomic E-state index is 0.165. The zero-order chi connectivity index (χ0) is 13.8. The first-order valence-corrected chi connectivity index (χ1v) is 6.23. The molecule has 1 aromatic carbocycles. The second-order valence-corrected chi connectivity index (χ2v) is 4.79. The SMILES string of the molecule is COC(c1noc(Cc2cccc(O)c2)n1)C(C)C. The summed E-state index contributed by atoms with van der Waals surface area (Å²) < 4.78 is 10.6. The molecule has 102 valence electrons. The normalized spacial score (nSPS) is 12.8. The molecule has 2 rings (SSSR count). The molecule has 19 heavy (non-hydrogen) atoms. The number of rotatable bonds is 5. The Kier molecular flexibility index (Phi) is 4.16. The third kappa shape index (κ3) is 3.32. The average molecular weight is 262 g/mol. The van der Waals surface area contributed by atoms with E-state index in [9.17, 15) is 5.11 Å². The molecule has 5 heteroatoms. The van der Waals surface area contributed by atoms with Crippen LogP contribution in [0, 0.1) is 5.92 Å². The molecule has 0 amide bonds. The van der Waals surface area contributed by atoms with E-state index in [1.165, 1.54) is 0 Å². The van der Waals surface area contributed by atoms with Crippen LogP contribution in [0.25, 0.3) is 0 Å². The van der Waals surface area contributed by atoms with Gasteiger partial charge in [0.2, 0.25) is 11.7 Å². The van der Waals surface area contributed by atoms with Crippen LogP contribution in [0.2, 0.25) is 0 Å². The lowest BCUT2D eigenvalue weighted by Gasteiger charge is -2.14. The number of benzene rings is 1. The van der Waals surface area contributed by atoms with Crippen LogP contribution in [-0.4, -0.2) is 22.4 Å². The predicted octanol–water partition coefficient (Wildman–Crippen LogP) is 2.71. The molecule has 0 aliphatic heterocycles. The van der Waals surface area contributed by atoms with Gasteiger partial charge in [-0.05, 0) is 23.6 Å². The van der Waals surface area contributed by atoms with Crippen LogP contribution in [0.15, 0.2) is 28.8 Å². The summed E-state index contributed by atoms with van der Waals surface area (Å²) in [7, 11) is 1.63. The molecule has 1 unspecified atom stereocenters. The topological polar surface area (TPSA) is 68.4 Å². The number of hydrogen-bond acceptors (Lipinski definition) is 5. The van der Waals surface area contributed by atoms with Crippen LogP contribution >= 0.6 is 0 Å². The largest absolute Gasteiger partial charge is 0.508 e. The van der Waals surface area contributed by atoms with Crippen molar-refractivity contribution < 1.29 is 14.4 Å². The van der Waals surface area contributed by atoms with Crippen LogP contribution in [0.5, 0.6) is 5.75 Å². The maximum Gasteiger partial charge on any atom is 0.231 e.